The largest absolute Gasteiger partial charge is 0.389 e. The van der Waals surface area contributed by atoms with Gasteiger partial charge in [0.15, 0.2) is 0 Å². The first-order valence-corrected chi connectivity index (χ1v) is 7.71. The molecule has 0 aromatic heterocycles. The first kappa shape index (κ1) is 16.2. The van der Waals surface area contributed by atoms with Crippen LogP contribution in [0, 0.1) is 9.39 Å². The fraction of sp³-hybridized carbons (Fsp3) is 0.250. The first-order valence-electron chi connectivity index (χ1n) is 6.64. The Labute approximate surface area is 137 Å². The fourth-order valence-electron chi connectivity index (χ4n) is 1.81. The smallest absolute Gasteiger partial charge is 0.124 e. The average molecular weight is 401 g/mol. The van der Waals surface area contributed by atoms with Crippen molar-refractivity contribution in [1.82, 2.24) is 0 Å². The van der Waals surface area contributed by atoms with Crippen LogP contribution in [0.1, 0.15) is 5.56 Å². The van der Waals surface area contributed by atoms with Crippen molar-refractivity contribution in [3.05, 3.63) is 63.5 Å². The molecule has 0 heterocycles. The Balaban J connectivity index is 1.71. The van der Waals surface area contributed by atoms with Crippen LogP contribution in [0.5, 0.6) is 0 Å². The van der Waals surface area contributed by atoms with Crippen LogP contribution in [0.2, 0.25) is 0 Å². The van der Waals surface area contributed by atoms with E-state index in [0.29, 0.717) is 13.2 Å². The highest BCUT2D eigenvalue weighted by Crippen LogP contribution is 2.18. The molecule has 1 atom stereocenters. The summed E-state index contributed by atoms with van der Waals surface area (Å²) in [7, 11) is 0. The van der Waals surface area contributed by atoms with Gasteiger partial charge in [0, 0.05) is 15.8 Å². The lowest BCUT2D eigenvalue weighted by Gasteiger charge is -2.14. The summed E-state index contributed by atoms with van der Waals surface area (Å²) in [6, 6.07) is 14.3. The molecule has 0 aliphatic rings. The number of rotatable bonds is 7. The van der Waals surface area contributed by atoms with Crippen LogP contribution >= 0.6 is 22.6 Å². The molecule has 2 aromatic rings. The van der Waals surface area contributed by atoms with Crippen LogP contribution in [-0.4, -0.2) is 24.4 Å². The van der Waals surface area contributed by atoms with E-state index < -0.39 is 6.10 Å². The molecule has 0 aliphatic heterocycles. The highest BCUT2D eigenvalue weighted by Gasteiger charge is 2.06. The molecule has 0 bridgehead atoms. The van der Waals surface area contributed by atoms with Crippen LogP contribution < -0.4 is 5.32 Å². The van der Waals surface area contributed by atoms with Gasteiger partial charge in [0.1, 0.15) is 5.82 Å². The zero-order chi connectivity index (χ0) is 15.1. The number of aliphatic hydroxyl groups is 1. The highest BCUT2D eigenvalue weighted by molar-refractivity contribution is 14.1. The van der Waals surface area contributed by atoms with E-state index in [0.717, 1.165) is 14.8 Å². The number of benzene rings is 2. The average Bonchev–Trinajstić information content (AvgIpc) is 2.47. The molecular weight excluding hydrogens is 384 g/mol. The summed E-state index contributed by atoms with van der Waals surface area (Å²) in [5.41, 5.74) is 1.88. The van der Waals surface area contributed by atoms with Gasteiger partial charge in [-0.2, -0.15) is 0 Å². The van der Waals surface area contributed by atoms with Crippen molar-refractivity contribution in [1.29, 1.82) is 0 Å². The van der Waals surface area contributed by atoms with Crippen molar-refractivity contribution in [2.75, 3.05) is 18.5 Å². The highest BCUT2D eigenvalue weighted by atomic mass is 127. The number of ether oxygens (including phenoxy) is 1. The van der Waals surface area contributed by atoms with Crippen LogP contribution in [0.3, 0.4) is 0 Å². The summed E-state index contributed by atoms with van der Waals surface area (Å²) in [6.07, 6.45) is -0.616. The van der Waals surface area contributed by atoms with Gasteiger partial charge in [0.05, 0.1) is 19.3 Å². The summed E-state index contributed by atoms with van der Waals surface area (Å²) in [5, 5.41) is 13.0. The molecule has 1 unspecified atom stereocenters. The topological polar surface area (TPSA) is 41.5 Å². The number of hydrogen-bond donors (Lipinski definition) is 2. The molecule has 0 fully saturated rings. The second-order valence-electron chi connectivity index (χ2n) is 4.66. The van der Waals surface area contributed by atoms with E-state index in [1.54, 1.807) is 6.07 Å². The Bertz CT molecular complexity index is 565. The standard InChI is InChI=1S/C16H17FINO2/c17-13-6-7-16(15(18)8-13)19-9-14(20)11-21-10-12-4-2-1-3-5-12/h1-8,14,19-20H,9-11H2. The quantitative estimate of drug-likeness (QED) is 0.699. The summed E-state index contributed by atoms with van der Waals surface area (Å²) in [4.78, 5) is 0. The first-order chi connectivity index (χ1) is 10.1. The maximum absolute atomic E-state index is 13.0. The lowest BCUT2D eigenvalue weighted by molar-refractivity contribution is 0.0348. The van der Waals surface area contributed by atoms with Crippen LogP contribution in [0.4, 0.5) is 10.1 Å². The summed E-state index contributed by atoms with van der Waals surface area (Å²) >= 11 is 2.05. The summed E-state index contributed by atoms with van der Waals surface area (Å²) < 4.78 is 19.2. The summed E-state index contributed by atoms with van der Waals surface area (Å²) in [5.74, 6) is -0.267. The van der Waals surface area contributed by atoms with E-state index in [-0.39, 0.29) is 12.4 Å². The van der Waals surface area contributed by atoms with Crippen molar-refractivity contribution < 1.29 is 14.2 Å². The Kier molecular flexibility index (Phi) is 6.41. The van der Waals surface area contributed by atoms with Crippen molar-refractivity contribution in [3.8, 4) is 0 Å². The van der Waals surface area contributed by atoms with Gasteiger partial charge in [-0.15, -0.1) is 0 Å². The normalized spacial score (nSPS) is 12.1. The van der Waals surface area contributed by atoms with Crippen molar-refractivity contribution >= 4 is 28.3 Å². The minimum Gasteiger partial charge on any atom is -0.389 e. The van der Waals surface area contributed by atoms with E-state index >= 15 is 0 Å². The minimum absolute atomic E-state index is 0.250. The molecule has 3 nitrogen and oxygen atoms in total. The zero-order valence-electron chi connectivity index (χ0n) is 11.4. The molecule has 0 spiro atoms. The van der Waals surface area contributed by atoms with Gasteiger partial charge in [-0.05, 0) is 46.4 Å². The lowest BCUT2D eigenvalue weighted by atomic mass is 10.2. The van der Waals surface area contributed by atoms with Crippen LogP contribution in [-0.2, 0) is 11.3 Å². The van der Waals surface area contributed by atoms with Crippen molar-refractivity contribution in [2.24, 2.45) is 0 Å². The molecule has 5 heteroatoms. The number of halogens is 2. The monoisotopic (exact) mass is 401 g/mol. The molecular formula is C16H17FINO2. The number of hydrogen-bond acceptors (Lipinski definition) is 3. The second-order valence-corrected chi connectivity index (χ2v) is 5.82. The van der Waals surface area contributed by atoms with Crippen molar-refractivity contribution in [3.63, 3.8) is 0 Å². The minimum atomic E-state index is -0.616. The predicted octanol–water partition coefficient (Wildman–Crippen LogP) is 3.42. The maximum atomic E-state index is 13.0. The SMILES string of the molecule is OC(CNc1ccc(F)cc1I)COCc1ccccc1. The second kappa shape index (κ2) is 8.31. The van der Waals surface area contributed by atoms with Gasteiger partial charge in [-0.25, -0.2) is 4.39 Å². The van der Waals surface area contributed by atoms with Gasteiger partial charge in [0.25, 0.3) is 0 Å². The lowest BCUT2D eigenvalue weighted by Crippen LogP contribution is -2.25. The Hall–Kier alpha value is -1.18. The third-order valence-corrected chi connectivity index (χ3v) is 3.77. The molecule has 0 aliphatic carbocycles. The van der Waals surface area contributed by atoms with E-state index in [9.17, 15) is 9.50 Å². The Morgan fingerprint density at radius 3 is 2.67 bits per heavy atom. The molecule has 2 N–H and O–H groups in total. The van der Waals surface area contributed by atoms with E-state index in [1.807, 2.05) is 30.3 Å². The van der Waals surface area contributed by atoms with E-state index in [2.05, 4.69) is 27.9 Å². The van der Waals surface area contributed by atoms with Gasteiger partial charge in [0.2, 0.25) is 0 Å². The van der Waals surface area contributed by atoms with Gasteiger partial charge < -0.3 is 15.2 Å². The maximum Gasteiger partial charge on any atom is 0.124 e. The molecule has 0 amide bonds. The molecule has 21 heavy (non-hydrogen) atoms. The molecule has 2 rings (SSSR count). The molecule has 0 saturated heterocycles. The Morgan fingerprint density at radius 2 is 1.95 bits per heavy atom. The molecule has 112 valence electrons. The third-order valence-electron chi connectivity index (χ3n) is 2.88. The number of nitrogens with one attached hydrogen (secondary N) is 1. The fourth-order valence-corrected chi connectivity index (χ4v) is 2.47. The van der Waals surface area contributed by atoms with E-state index in [1.165, 1.54) is 12.1 Å². The van der Waals surface area contributed by atoms with Gasteiger partial charge in [-0.3, -0.25) is 0 Å². The predicted molar refractivity (Wildman–Crippen MR) is 89.7 cm³/mol. The van der Waals surface area contributed by atoms with Crippen molar-refractivity contribution in [2.45, 2.75) is 12.7 Å². The van der Waals surface area contributed by atoms with Gasteiger partial charge >= 0.3 is 0 Å². The molecule has 0 radical (unpaired) electrons. The summed E-state index contributed by atoms with van der Waals surface area (Å²) in [6.45, 7) is 1.09. The Morgan fingerprint density at radius 1 is 1.19 bits per heavy atom. The van der Waals surface area contributed by atoms with Crippen LogP contribution in [0.25, 0.3) is 0 Å². The van der Waals surface area contributed by atoms with Crippen LogP contribution in [0.15, 0.2) is 48.5 Å². The van der Waals surface area contributed by atoms with Gasteiger partial charge in [-0.1, -0.05) is 30.3 Å². The third kappa shape index (κ3) is 5.61. The molecule has 0 saturated carbocycles. The number of aliphatic hydroxyl groups excluding tert-OH is 1. The molecule has 2 aromatic carbocycles. The number of anilines is 1. The zero-order valence-corrected chi connectivity index (χ0v) is 13.6. The van der Waals surface area contributed by atoms with E-state index in [4.69, 9.17) is 4.74 Å².